The fourth-order valence-corrected chi connectivity index (χ4v) is 1.98. The molecule has 2 N–H and O–H groups in total. The molecule has 0 saturated heterocycles. The lowest BCUT2D eigenvalue weighted by Gasteiger charge is -2.18. The average Bonchev–Trinajstić information content (AvgIpc) is 2.49. The van der Waals surface area contributed by atoms with Crippen LogP contribution in [0.1, 0.15) is 20.8 Å². The third kappa shape index (κ3) is 4.28. The first-order valence-corrected chi connectivity index (χ1v) is 7.28. The number of carbonyl (C=O) groups is 1. The van der Waals surface area contributed by atoms with Crippen LogP contribution in [0.25, 0.3) is 10.9 Å². The maximum absolute atomic E-state index is 12.4. The van der Waals surface area contributed by atoms with Crippen molar-refractivity contribution in [1.82, 2.24) is 10.3 Å². The molecule has 1 unspecified atom stereocenters. The van der Waals surface area contributed by atoms with Crippen LogP contribution in [0.5, 0.6) is 5.75 Å². The highest BCUT2D eigenvalue weighted by atomic mass is 19.3. The van der Waals surface area contributed by atoms with Gasteiger partial charge in [0.1, 0.15) is 5.52 Å². The van der Waals surface area contributed by atoms with Crippen LogP contribution in [0.4, 0.5) is 19.3 Å². The summed E-state index contributed by atoms with van der Waals surface area (Å²) in [7, 11) is 0. The highest BCUT2D eigenvalue weighted by Gasteiger charge is 2.15. The number of amides is 2. The second-order valence-electron chi connectivity index (χ2n) is 5.52. The lowest BCUT2D eigenvalue weighted by molar-refractivity contribution is -0.0489. The molecule has 0 radical (unpaired) electrons. The fraction of sp³-hybridized carbons (Fsp3) is 0.375. The van der Waals surface area contributed by atoms with E-state index in [9.17, 15) is 13.6 Å². The lowest BCUT2D eigenvalue weighted by Crippen LogP contribution is -2.39. The first kappa shape index (κ1) is 16.9. The number of hydrogen-bond acceptors (Lipinski definition) is 3. The summed E-state index contributed by atoms with van der Waals surface area (Å²) in [5.41, 5.74) is 0.741. The van der Waals surface area contributed by atoms with Crippen LogP contribution in [-0.4, -0.2) is 23.7 Å². The molecule has 0 saturated carbocycles. The van der Waals surface area contributed by atoms with Crippen molar-refractivity contribution in [2.24, 2.45) is 5.92 Å². The van der Waals surface area contributed by atoms with Crippen molar-refractivity contribution < 1.29 is 18.3 Å². The number of fused-ring (bicyclic) bond motifs is 1. The second kappa shape index (κ2) is 7.21. The van der Waals surface area contributed by atoms with E-state index in [1.807, 2.05) is 20.8 Å². The van der Waals surface area contributed by atoms with E-state index in [-0.39, 0.29) is 23.3 Å². The standard InChI is InChI=1S/C16H19F2N3O2/c1-9(2)10(3)20-16(22)21-12-6-7-13(23-15(17)18)14-11(12)5-4-8-19-14/h4-10,15H,1-3H3,(H2,20,21,22). The third-order valence-electron chi connectivity index (χ3n) is 3.56. The third-order valence-corrected chi connectivity index (χ3v) is 3.56. The zero-order valence-corrected chi connectivity index (χ0v) is 13.1. The van der Waals surface area contributed by atoms with Crippen molar-refractivity contribution in [3.05, 3.63) is 30.5 Å². The maximum Gasteiger partial charge on any atom is 0.387 e. The first-order valence-electron chi connectivity index (χ1n) is 7.28. The number of hydrogen-bond donors (Lipinski definition) is 2. The van der Waals surface area contributed by atoms with Crippen molar-refractivity contribution in [1.29, 1.82) is 0 Å². The van der Waals surface area contributed by atoms with Crippen LogP contribution in [0.15, 0.2) is 30.5 Å². The molecular formula is C16H19F2N3O2. The van der Waals surface area contributed by atoms with Crippen LogP contribution in [-0.2, 0) is 0 Å². The van der Waals surface area contributed by atoms with Gasteiger partial charge in [-0.1, -0.05) is 13.8 Å². The smallest absolute Gasteiger partial charge is 0.387 e. The quantitative estimate of drug-likeness (QED) is 0.874. The van der Waals surface area contributed by atoms with E-state index >= 15 is 0 Å². The normalized spacial score (nSPS) is 12.5. The van der Waals surface area contributed by atoms with E-state index < -0.39 is 6.61 Å². The van der Waals surface area contributed by atoms with E-state index in [0.717, 1.165) is 0 Å². The maximum atomic E-state index is 12.4. The number of urea groups is 1. The highest BCUT2D eigenvalue weighted by molar-refractivity contribution is 6.02. The molecular weight excluding hydrogens is 304 g/mol. The molecule has 5 nitrogen and oxygen atoms in total. The first-order chi connectivity index (χ1) is 10.9. The summed E-state index contributed by atoms with van der Waals surface area (Å²) in [6.45, 7) is 2.97. The van der Waals surface area contributed by atoms with Gasteiger partial charge in [-0.05, 0) is 37.1 Å². The number of rotatable bonds is 5. The summed E-state index contributed by atoms with van der Waals surface area (Å²) in [5, 5.41) is 6.06. The number of halogens is 2. The Bertz CT molecular complexity index is 692. The summed E-state index contributed by atoms with van der Waals surface area (Å²) in [5.74, 6) is 0.262. The molecule has 1 aromatic carbocycles. The van der Waals surface area contributed by atoms with Gasteiger partial charge in [0.2, 0.25) is 0 Å². The Labute approximate surface area is 133 Å². The predicted molar refractivity (Wildman–Crippen MR) is 84.8 cm³/mol. The van der Waals surface area contributed by atoms with Gasteiger partial charge in [-0.25, -0.2) is 4.79 Å². The molecule has 0 aliphatic heterocycles. The number of anilines is 1. The van der Waals surface area contributed by atoms with Crippen LogP contribution >= 0.6 is 0 Å². The molecule has 23 heavy (non-hydrogen) atoms. The second-order valence-corrected chi connectivity index (χ2v) is 5.52. The zero-order chi connectivity index (χ0) is 17.0. The molecule has 1 heterocycles. The minimum atomic E-state index is -2.94. The lowest BCUT2D eigenvalue weighted by atomic mass is 10.1. The largest absolute Gasteiger partial charge is 0.432 e. The van der Waals surface area contributed by atoms with Gasteiger partial charge in [-0.2, -0.15) is 8.78 Å². The Morgan fingerprint density at radius 1 is 1.22 bits per heavy atom. The molecule has 2 amide bonds. The molecule has 0 fully saturated rings. The average molecular weight is 323 g/mol. The molecule has 2 aromatic rings. The Hall–Kier alpha value is -2.44. The Balaban J connectivity index is 2.27. The molecule has 0 aliphatic carbocycles. The van der Waals surface area contributed by atoms with Gasteiger partial charge in [-0.3, -0.25) is 4.98 Å². The monoisotopic (exact) mass is 323 g/mol. The fourth-order valence-electron chi connectivity index (χ4n) is 1.98. The molecule has 0 aliphatic rings. The Morgan fingerprint density at radius 3 is 2.61 bits per heavy atom. The number of alkyl halides is 2. The zero-order valence-electron chi connectivity index (χ0n) is 13.1. The van der Waals surface area contributed by atoms with Crippen molar-refractivity contribution in [2.75, 3.05) is 5.32 Å². The van der Waals surface area contributed by atoms with E-state index in [1.54, 1.807) is 12.1 Å². The molecule has 1 atom stereocenters. The minimum Gasteiger partial charge on any atom is -0.432 e. The van der Waals surface area contributed by atoms with E-state index in [0.29, 0.717) is 17.0 Å². The van der Waals surface area contributed by atoms with Crippen LogP contribution < -0.4 is 15.4 Å². The van der Waals surface area contributed by atoms with Gasteiger partial charge in [0.25, 0.3) is 0 Å². The summed E-state index contributed by atoms with van der Waals surface area (Å²) < 4.78 is 29.4. The Morgan fingerprint density at radius 2 is 1.96 bits per heavy atom. The van der Waals surface area contributed by atoms with Crippen molar-refractivity contribution >= 4 is 22.6 Å². The van der Waals surface area contributed by atoms with E-state index in [4.69, 9.17) is 0 Å². The van der Waals surface area contributed by atoms with Gasteiger partial charge in [0, 0.05) is 17.6 Å². The number of pyridine rings is 1. The van der Waals surface area contributed by atoms with Gasteiger partial charge < -0.3 is 15.4 Å². The van der Waals surface area contributed by atoms with Crippen molar-refractivity contribution in [3.63, 3.8) is 0 Å². The molecule has 7 heteroatoms. The van der Waals surface area contributed by atoms with Crippen molar-refractivity contribution in [3.8, 4) is 5.75 Å². The number of ether oxygens (including phenoxy) is 1. The number of nitrogens with zero attached hydrogens (tertiary/aromatic N) is 1. The summed E-state index contributed by atoms with van der Waals surface area (Å²) in [6, 6.07) is 5.86. The van der Waals surface area contributed by atoms with E-state index in [1.165, 1.54) is 18.3 Å². The van der Waals surface area contributed by atoms with Gasteiger partial charge in [0.15, 0.2) is 5.75 Å². The number of carbonyl (C=O) groups excluding carboxylic acids is 1. The number of nitrogens with one attached hydrogen (secondary N) is 2. The molecule has 1 aromatic heterocycles. The molecule has 0 bridgehead atoms. The van der Waals surface area contributed by atoms with Gasteiger partial charge >= 0.3 is 12.6 Å². The summed E-state index contributed by atoms with van der Waals surface area (Å²) >= 11 is 0. The van der Waals surface area contributed by atoms with Crippen LogP contribution in [0.3, 0.4) is 0 Å². The SMILES string of the molecule is CC(C)C(C)NC(=O)Nc1ccc(OC(F)F)c2ncccc12. The molecule has 124 valence electrons. The molecule has 0 spiro atoms. The summed E-state index contributed by atoms with van der Waals surface area (Å²) in [4.78, 5) is 16.1. The van der Waals surface area contributed by atoms with Gasteiger partial charge in [-0.15, -0.1) is 0 Å². The predicted octanol–water partition coefficient (Wildman–Crippen LogP) is 4.00. The summed E-state index contributed by atoms with van der Waals surface area (Å²) in [6.07, 6.45) is 1.48. The van der Waals surface area contributed by atoms with Crippen LogP contribution in [0, 0.1) is 5.92 Å². The van der Waals surface area contributed by atoms with Gasteiger partial charge in [0.05, 0.1) is 5.69 Å². The molecule has 2 rings (SSSR count). The highest BCUT2D eigenvalue weighted by Crippen LogP contribution is 2.30. The van der Waals surface area contributed by atoms with E-state index in [2.05, 4.69) is 20.4 Å². The van der Waals surface area contributed by atoms with Crippen molar-refractivity contribution in [2.45, 2.75) is 33.4 Å². The number of aromatic nitrogens is 1. The Kier molecular flexibility index (Phi) is 5.31. The minimum absolute atomic E-state index is 0.000768. The number of benzene rings is 1. The topological polar surface area (TPSA) is 63.2 Å². The van der Waals surface area contributed by atoms with Crippen LogP contribution in [0.2, 0.25) is 0 Å².